The van der Waals surface area contributed by atoms with Crippen LogP contribution in [-0.2, 0) is 13.1 Å². The van der Waals surface area contributed by atoms with Crippen molar-refractivity contribution in [3.05, 3.63) is 46.7 Å². The van der Waals surface area contributed by atoms with E-state index < -0.39 is 0 Å². The van der Waals surface area contributed by atoms with Gasteiger partial charge in [-0.3, -0.25) is 4.68 Å². The summed E-state index contributed by atoms with van der Waals surface area (Å²) in [6, 6.07) is 8.06. The predicted octanol–water partition coefficient (Wildman–Crippen LogP) is 2.44. The van der Waals surface area contributed by atoms with Gasteiger partial charge in [-0.05, 0) is 29.0 Å². The quantitative estimate of drug-likeness (QED) is 0.891. The van der Waals surface area contributed by atoms with Crippen LogP contribution >= 0.6 is 15.9 Å². The molecular formula is C13H16BrN3O. The number of hydrogen-bond acceptors (Lipinski definition) is 3. The van der Waals surface area contributed by atoms with E-state index in [-0.39, 0.29) is 0 Å². The van der Waals surface area contributed by atoms with Crippen LogP contribution in [0.1, 0.15) is 5.56 Å². The Bertz CT molecular complexity index is 498. The first kappa shape index (κ1) is 13.1. The van der Waals surface area contributed by atoms with Crippen molar-refractivity contribution in [2.45, 2.75) is 13.1 Å². The first-order valence-electron chi connectivity index (χ1n) is 5.83. The Morgan fingerprint density at radius 1 is 1.39 bits per heavy atom. The lowest BCUT2D eigenvalue weighted by Crippen LogP contribution is -2.11. The molecule has 1 heterocycles. The summed E-state index contributed by atoms with van der Waals surface area (Å²) in [5.41, 5.74) is 1.17. The number of ether oxygens (including phenoxy) is 1. The molecule has 0 saturated carbocycles. The normalized spacial score (nSPS) is 10.6. The summed E-state index contributed by atoms with van der Waals surface area (Å²) in [7, 11) is 1.93. The van der Waals surface area contributed by atoms with Crippen molar-refractivity contribution in [2.75, 3.05) is 13.7 Å². The molecule has 0 aliphatic heterocycles. The third-order valence-electron chi connectivity index (χ3n) is 2.52. The second-order valence-corrected chi connectivity index (χ2v) is 4.82. The first-order valence-corrected chi connectivity index (χ1v) is 6.62. The van der Waals surface area contributed by atoms with Crippen LogP contribution < -0.4 is 10.1 Å². The van der Waals surface area contributed by atoms with E-state index in [1.165, 1.54) is 5.56 Å². The van der Waals surface area contributed by atoms with Crippen molar-refractivity contribution in [2.24, 2.45) is 0 Å². The number of aromatic nitrogens is 2. The van der Waals surface area contributed by atoms with Gasteiger partial charge in [-0.15, -0.1) is 0 Å². The summed E-state index contributed by atoms with van der Waals surface area (Å²) in [5.74, 6) is 0.929. The number of rotatable bonds is 6. The van der Waals surface area contributed by atoms with Crippen LogP contribution in [0.2, 0.25) is 0 Å². The van der Waals surface area contributed by atoms with Crippen LogP contribution in [0.3, 0.4) is 0 Å². The van der Waals surface area contributed by atoms with Crippen LogP contribution in [0.4, 0.5) is 0 Å². The predicted molar refractivity (Wildman–Crippen MR) is 74.6 cm³/mol. The summed E-state index contributed by atoms with van der Waals surface area (Å²) in [6.07, 6.45) is 3.71. The van der Waals surface area contributed by atoms with E-state index in [4.69, 9.17) is 4.74 Å². The highest BCUT2D eigenvalue weighted by molar-refractivity contribution is 9.10. The van der Waals surface area contributed by atoms with Crippen molar-refractivity contribution in [1.82, 2.24) is 15.1 Å². The molecule has 0 spiro atoms. The zero-order valence-corrected chi connectivity index (χ0v) is 11.9. The Morgan fingerprint density at radius 3 is 2.94 bits per heavy atom. The van der Waals surface area contributed by atoms with Crippen molar-refractivity contribution in [3.63, 3.8) is 0 Å². The van der Waals surface area contributed by atoms with Crippen molar-refractivity contribution >= 4 is 15.9 Å². The third kappa shape index (κ3) is 3.58. The van der Waals surface area contributed by atoms with Gasteiger partial charge in [0.2, 0.25) is 0 Å². The van der Waals surface area contributed by atoms with Gasteiger partial charge in [0.15, 0.2) is 0 Å². The highest BCUT2D eigenvalue weighted by Crippen LogP contribution is 2.17. The molecule has 0 amide bonds. The lowest BCUT2D eigenvalue weighted by molar-refractivity contribution is 0.288. The summed E-state index contributed by atoms with van der Waals surface area (Å²) in [6.45, 7) is 2.15. The van der Waals surface area contributed by atoms with Gasteiger partial charge in [0.25, 0.3) is 0 Å². The molecule has 1 aromatic heterocycles. The molecule has 0 radical (unpaired) electrons. The molecular weight excluding hydrogens is 294 g/mol. The number of halogens is 1. The molecule has 4 nitrogen and oxygen atoms in total. The van der Waals surface area contributed by atoms with Gasteiger partial charge in [-0.2, -0.15) is 5.10 Å². The smallest absolute Gasteiger partial charge is 0.123 e. The average Bonchev–Trinajstić information content (AvgIpc) is 2.78. The molecule has 2 rings (SSSR count). The minimum Gasteiger partial charge on any atom is -0.491 e. The summed E-state index contributed by atoms with van der Waals surface area (Å²) in [5, 5.41) is 7.32. The van der Waals surface area contributed by atoms with E-state index in [1.807, 2.05) is 36.1 Å². The van der Waals surface area contributed by atoms with Gasteiger partial charge in [-0.25, -0.2) is 0 Å². The molecule has 0 saturated heterocycles. The molecule has 0 bridgehead atoms. The summed E-state index contributed by atoms with van der Waals surface area (Å²) < 4.78 is 8.62. The lowest BCUT2D eigenvalue weighted by Gasteiger charge is -2.11. The molecule has 0 aliphatic rings. The molecule has 0 aliphatic carbocycles. The number of nitrogens with zero attached hydrogens (tertiary/aromatic N) is 2. The standard InChI is InChI=1S/C13H16BrN3O/c1-15-8-11-4-2-3-5-13(11)18-7-6-17-10-12(14)9-16-17/h2-5,9-10,15H,6-8H2,1H3. The van der Waals surface area contributed by atoms with E-state index in [0.29, 0.717) is 6.61 Å². The van der Waals surface area contributed by atoms with Crippen molar-refractivity contribution < 1.29 is 4.74 Å². The van der Waals surface area contributed by atoms with Gasteiger partial charge in [0.1, 0.15) is 12.4 Å². The van der Waals surface area contributed by atoms with Gasteiger partial charge in [-0.1, -0.05) is 18.2 Å². The van der Waals surface area contributed by atoms with Crippen molar-refractivity contribution in [1.29, 1.82) is 0 Å². The van der Waals surface area contributed by atoms with Crippen LogP contribution in [0.5, 0.6) is 5.75 Å². The molecule has 5 heteroatoms. The summed E-state index contributed by atoms with van der Waals surface area (Å²) >= 11 is 3.37. The van der Waals surface area contributed by atoms with Gasteiger partial charge in [0.05, 0.1) is 17.2 Å². The topological polar surface area (TPSA) is 39.1 Å². The van der Waals surface area contributed by atoms with Crippen LogP contribution in [0.15, 0.2) is 41.1 Å². The lowest BCUT2D eigenvalue weighted by atomic mass is 10.2. The van der Waals surface area contributed by atoms with Crippen LogP contribution in [0.25, 0.3) is 0 Å². The minimum atomic E-state index is 0.606. The molecule has 0 atom stereocenters. The Kier molecular flexibility index (Phi) is 4.78. The number of para-hydroxylation sites is 1. The molecule has 1 aromatic carbocycles. The third-order valence-corrected chi connectivity index (χ3v) is 2.93. The molecule has 18 heavy (non-hydrogen) atoms. The second-order valence-electron chi connectivity index (χ2n) is 3.91. The van der Waals surface area contributed by atoms with E-state index in [0.717, 1.165) is 23.3 Å². The van der Waals surface area contributed by atoms with Gasteiger partial charge >= 0.3 is 0 Å². The minimum absolute atomic E-state index is 0.606. The fourth-order valence-electron chi connectivity index (χ4n) is 1.69. The maximum absolute atomic E-state index is 5.79. The average molecular weight is 310 g/mol. The zero-order chi connectivity index (χ0) is 12.8. The fourth-order valence-corrected chi connectivity index (χ4v) is 2.02. The van der Waals surface area contributed by atoms with E-state index >= 15 is 0 Å². The molecule has 96 valence electrons. The molecule has 0 fully saturated rings. The molecule has 1 N–H and O–H groups in total. The van der Waals surface area contributed by atoms with Gasteiger partial charge in [0, 0.05) is 18.3 Å². The van der Waals surface area contributed by atoms with Crippen LogP contribution in [-0.4, -0.2) is 23.4 Å². The highest BCUT2D eigenvalue weighted by Gasteiger charge is 2.02. The Balaban J connectivity index is 1.89. The van der Waals surface area contributed by atoms with Crippen LogP contribution in [0, 0.1) is 0 Å². The molecule has 2 aromatic rings. The van der Waals surface area contributed by atoms with E-state index in [1.54, 1.807) is 6.20 Å². The Morgan fingerprint density at radius 2 is 2.22 bits per heavy atom. The number of benzene rings is 1. The largest absolute Gasteiger partial charge is 0.491 e. The maximum atomic E-state index is 5.79. The monoisotopic (exact) mass is 309 g/mol. The number of hydrogen-bond donors (Lipinski definition) is 1. The fraction of sp³-hybridized carbons (Fsp3) is 0.308. The Labute approximate surface area is 115 Å². The zero-order valence-electron chi connectivity index (χ0n) is 10.3. The first-order chi connectivity index (χ1) is 8.79. The summed E-state index contributed by atoms with van der Waals surface area (Å²) in [4.78, 5) is 0. The SMILES string of the molecule is CNCc1ccccc1OCCn1cc(Br)cn1. The second kappa shape index (κ2) is 6.56. The van der Waals surface area contributed by atoms with Gasteiger partial charge < -0.3 is 10.1 Å². The van der Waals surface area contributed by atoms with Crippen molar-refractivity contribution in [3.8, 4) is 5.75 Å². The Hall–Kier alpha value is -1.33. The number of nitrogens with one attached hydrogen (secondary N) is 1. The van der Waals surface area contributed by atoms with E-state index in [2.05, 4.69) is 32.4 Å². The van der Waals surface area contributed by atoms with E-state index in [9.17, 15) is 0 Å². The molecule has 0 unspecified atom stereocenters. The highest BCUT2D eigenvalue weighted by atomic mass is 79.9. The maximum Gasteiger partial charge on any atom is 0.123 e.